The lowest BCUT2D eigenvalue weighted by molar-refractivity contribution is -0.384. The Morgan fingerprint density at radius 3 is 2.42 bits per heavy atom. The average molecular weight is 440 g/mol. The van der Waals surface area contributed by atoms with Crippen LogP contribution in [-0.2, 0) is 21.2 Å². The van der Waals surface area contributed by atoms with Gasteiger partial charge < -0.3 is 4.90 Å². The van der Waals surface area contributed by atoms with Crippen LogP contribution in [0.15, 0.2) is 65.8 Å². The molecule has 0 unspecified atom stereocenters. The van der Waals surface area contributed by atoms with Gasteiger partial charge in [-0.25, -0.2) is 8.42 Å². The fourth-order valence-electron chi connectivity index (χ4n) is 3.66. The van der Waals surface area contributed by atoms with E-state index in [1.165, 1.54) is 16.4 Å². The quantitative estimate of drug-likeness (QED) is 0.444. The summed E-state index contributed by atoms with van der Waals surface area (Å²) in [5.41, 5.74) is 0.647. The number of hydrogen-bond acceptors (Lipinski definition) is 6. The number of piperazine rings is 1. The number of benzene rings is 2. The van der Waals surface area contributed by atoms with Crippen molar-refractivity contribution in [1.29, 1.82) is 0 Å². The number of amides is 1. The van der Waals surface area contributed by atoms with E-state index in [2.05, 4.69) is 4.98 Å². The van der Waals surface area contributed by atoms with Gasteiger partial charge >= 0.3 is 0 Å². The topological polar surface area (TPSA) is 114 Å². The van der Waals surface area contributed by atoms with Crippen molar-refractivity contribution in [2.75, 3.05) is 26.2 Å². The number of carbonyl (C=O) groups is 1. The number of pyridine rings is 1. The molecule has 1 aromatic heterocycles. The minimum Gasteiger partial charge on any atom is -0.340 e. The SMILES string of the molecule is O=C(Cc1ccc([N+](=O)[O-])cc1)N1CCN(S(=O)(=O)c2cccc3cnccc23)CC1. The molecule has 0 spiro atoms. The molecule has 31 heavy (non-hydrogen) atoms. The van der Waals surface area contributed by atoms with Gasteiger partial charge in [-0.1, -0.05) is 24.3 Å². The van der Waals surface area contributed by atoms with Crippen molar-refractivity contribution in [3.63, 3.8) is 0 Å². The van der Waals surface area contributed by atoms with Crippen LogP contribution in [0.3, 0.4) is 0 Å². The first-order valence-corrected chi connectivity index (χ1v) is 11.1. The summed E-state index contributed by atoms with van der Waals surface area (Å²) in [5.74, 6) is -0.137. The van der Waals surface area contributed by atoms with Crippen LogP contribution in [0.2, 0.25) is 0 Å². The van der Waals surface area contributed by atoms with Crippen molar-refractivity contribution in [2.45, 2.75) is 11.3 Å². The van der Waals surface area contributed by atoms with E-state index in [0.29, 0.717) is 10.9 Å². The zero-order valence-corrected chi connectivity index (χ0v) is 17.4. The van der Waals surface area contributed by atoms with Crippen LogP contribution in [0.1, 0.15) is 5.56 Å². The maximum atomic E-state index is 13.2. The Labute approximate surface area is 179 Å². The zero-order valence-electron chi connectivity index (χ0n) is 16.5. The van der Waals surface area contributed by atoms with Crippen molar-refractivity contribution in [2.24, 2.45) is 0 Å². The Balaban J connectivity index is 1.43. The molecular formula is C21H20N4O5S. The Morgan fingerprint density at radius 1 is 1.03 bits per heavy atom. The molecule has 2 aromatic carbocycles. The van der Waals surface area contributed by atoms with E-state index in [-0.39, 0.29) is 49.1 Å². The molecule has 0 radical (unpaired) electrons. The highest BCUT2D eigenvalue weighted by atomic mass is 32.2. The smallest absolute Gasteiger partial charge is 0.269 e. The number of carbonyl (C=O) groups excluding carboxylic acids is 1. The van der Waals surface area contributed by atoms with Gasteiger partial charge in [0.25, 0.3) is 5.69 Å². The van der Waals surface area contributed by atoms with Crippen molar-refractivity contribution < 1.29 is 18.1 Å². The minimum atomic E-state index is -3.71. The highest BCUT2D eigenvalue weighted by Crippen LogP contribution is 2.26. The van der Waals surface area contributed by atoms with Crippen LogP contribution in [-0.4, -0.2) is 59.6 Å². The van der Waals surface area contributed by atoms with E-state index >= 15 is 0 Å². The number of nitro groups is 1. The number of non-ortho nitro benzene ring substituents is 1. The Hall–Kier alpha value is -3.37. The molecule has 0 aliphatic carbocycles. The molecule has 0 N–H and O–H groups in total. The molecule has 10 heteroatoms. The molecule has 0 bridgehead atoms. The number of rotatable bonds is 5. The van der Waals surface area contributed by atoms with Gasteiger partial charge in [0, 0.05) is 61.5 Å². The van der Waals surface area contributed by atoms with E-state index in [9.17, 15) is 23.3 Å². The molecule has 1 fully saturated rings. The van der Waals surface area contributed by atoms with Crippen LogP contribution in [0, 0.1) is 10.1 Å². The largest absolute Gasteiger partial charge is 0.340 e. The first kappa shape index (κ1) is 20.9. The van der Waals surface area contributed by atoms with Gasteiger partial charge in [-0.3, -0.25) is 19.9 Å². The molecule has 2 heterocycles. The molecule has 4 rings (SSSR count). The Morgan fingerprint density at radius 2 is 1.74 bits per heavy atom. The molecular weight excluding hydrogens is 420 g/mol. The Kier molecular flexibility index (Phi) is 5.66. The van der Waals surface area contributed by atoms with Gasteiger partial charge in [0.05, 0.1) is 16.2 Å². The van der Waals surface area contributed by atoms with Crippen LogP contribution >= 0.6 is 0 Å². The van der Waals surface area contributed by atoms with E-state index in [1.807, 2.05) is 6.07 Å². The van der Waals surface area contributed by atoms with Gasteiger partial charge in [0.1, 0.15) is 0 Å². The highest BCUT2D eigenvalue weighted by molar-refractivity contribution is 7.89. The van der Waals surface area contributed by atoms with Gasteiger partial charge in [-0.2, -0.15) is 4.31 Å². The molecule has 1 amide bonds. The lowest BCUT2D eigenvalue weighted by Gasteiger charge is -2.34. The molecule has 9 nitrogen and oxygen atoms in total. The van der Waals surface area contributed by atoms with Crippen LogP contribution in [0.5, 0.6) is 0 Å². The summed E-state index contributed by atoms with van der Waals surface area (Å²) in [4.78, 5) is 28.8. The monoisotopic (exact) mass is 440 g/mol. The number of nitrogens with zero attached hydrogens (tertiary/aromatic N) is 4. The summed E-state index contributed by atoms with van der Waals surface area (Å²) < 4.78 is 27.8. The summed E-state index contributed by atoms with van der Waals surface area (Å²) in [5, 5.41) is 12.1. The predicted molar refractivity (Wildman–Crippen MR) is 114 cm³/mol. The van der Waals surface area contributed by atoms with Crippen molar-refractivity contribution in [3.05, 3.63) is 76.6 Å². The maximum absolute atomic E-state index is 13.2. The second kappa shape index (κ2) is 8.40. The second-order valence-electron chi connectivity index (χ2n) is 7.24. The molecule has 3 aromatic rings. The maximum Gasteiger partial charge on any atom is 0.269 e. The third kappa shape index (κ3) is 4.25. The minimum absolute atomic E-state index is 0.0285. The normalized spacial score (nSPS) is 15.2. The van der Waals surface area contributed by atoms with E-state index in [0.717, 1.165) is 5.39 Å². The number of fused-ring (bicyclic) bond motifs is 1. The van der Waals surface area contributed by atoms with Gasteiger partial charge in [-0.05, 0) is 17.7 Å². The van der Waals surface area contributed by atoms with Gasteiger partial charge in [0.15, 0.2) is 0 Å². The molecule has 1 aliphatic heterocycles. The fraction of sp³-hybridized carbons (Fsp3) is 0.238. The third-order valence-electron chi connectivity index (χ3n) is 5.35. The van der Waals surface area contributed by atoms with Crippen LogP contribution in [0.4, 0.5) is 5.69 Å². The number of aromatic nitrogens is 1. The molecule has 160 valence electrons. The first-order valence-electron chi connectivity index (χ1n) is 9.70. The van der Waals surface area contributed by atoms with Crippen molar-refractivity contribution in [1.82, 2.24) is 14.2 Å². The van der Waals surface area contributed by atoms with E-state index in [1.54, 1.807) is 47.6 Å². The summed E-state index contributed by atoms with van der Waals surface area (Å²) in [6.07, 6.45) is 3.31. The first-order chi connectivity index (χ1) is 14.9. The lowest BCUT2D eigenvalue weighted by Crippen LogP contribution is -2.50. The third-order valence-corrected chi connectivity index (χ3v) is 7.31. The lowest BCUT2D eigenvalue weighted by atomic mass is 10.1. The standard InChI is InChI=1S/C21H20N4O5S/c26-21(14-16-4-6-18(7-5-16)25(27)28)23-10-12-24(13-11-23)31(29,30)20-3-1-2-17-15-22-9-8-19(17)20/h1-9,15H,10-14H2. The van der Waals surface area contributed by atoms with Gasteiger partial charge in [0.2, 0.25) is 15.9 Å². The van der Waals surface area contributed by atoms with Gasteiger partial charge in [-0.15, -0.1) is 0 Å². The molecule has 0 atom stereocenters. The van der Waals surface area contributed by atoms with E-state index < -0.39 is 14.9 Å². The van der Waals surface area contributed by atoms with E-state index in [4.69, 9.17) is 0 Å². The molecule has 1 aliphatic rings. The zero-order chi connectivity index (χ0) is 22.0. The molecule has 1 saturated heterocycles. The van der Waals surface area contributed by atoms with Crippen LogP contribution in [0.25, 0.3) is 10.8 Å². The summed E-state index contributed by atoms with van der Waals surface area (Å²) in [7, 11) is -3.71. The summed E-state index contributed by atoms with van der Waals surface area (Å²) in [6.45, 7) is 0.986. The number of hydrogen-bond donors (Lipinski definition) is 0. The van der Waals surface area contributed by atoms with Crippen molar-refractivity contribution in [3.8, 4) is 0 Å². The number of nitro benzene ring substituents is 1. The summed E-state index contributed by atoms with van der Waals surface area (Å²) in [6, 6.07) is 12.6. The fourth-order valence-corrected chi connectivity index (χ4v) is 5.29. The summed E-state index contributed by atoms with van der Waals surface area (Å²) >= 11 is 0. The average Bonchev–Trinajstić information content (AvgIpc) is 2.79. The van der Waals surface area contributed by atoms with Crippen LogP contribution < -0.4 is 0 Å². The Bertz CT molecular complexity index is 1230. The highest BCUT2D eigenvalue weighted by Gasteiger charge is 2.31. The molecule has 0 saturated carbocycles. The number of sulfonamides is 1. The second-order valence-corrected chi connectivity index (χ2v) is 9.14. The predicted octanol–water partition coefficient (Wildman–Crippen LogP) is 2.22. The van der Waals surface area contributed by atoms with Crippen molar-refractivity contribution >= 4 is 32.4 Å².